The molecule has 2 heteroatoms. The van der Waals surface area contributed by atoms with Crippen molar-refractivity contribution in [2.75, 3.05) is 13.1 Å². The first-order chi connectivity index (χ1) is 9.66. The number of hydrogen-bond donors (Lipinski definition) is 1. The van der Waals surface area contributed by atoms with E-state index in [0.29, 0.717) is 0 Å². The van der Waals surface area contributed by atoms with Gasteiger partial charge in [0.25, 0.3) is 0 Å². The molecular formula is C18H37NSn. The Bertz CT molecular complexity index is 238. The van der Waals surface area contributed by atoms with Crippen LogP contribution in [0.5, 0.6) is 0 Å². The first-order valence-electron chi connectivity index (χ1n) is 8.66. The van der Waals surface area contributed by atoms with Crippen molar-refractivity contribution in [1.82, 2.24) is 5.32 Å². The summed E-state index contributed by atoms with van der Waals surface area (Å²) < 4.78 is 6.22. The van der Waals surface area contributed by atoms with Gasteiger partial charge in [0, 0.05) is 0 Å². The molecule has 1 nitrogen and oxygen atoms in total. The molecule has 0 aliphatic heterocycles. The Kier molecular flexibility index (Phi) is 13.1. The van der Waals surface area contributed by atoms with Gasteiger partial charge in [0.05, 0.1) is 0 Å². The van der Waals surface area contributed by atoms with E-state index in [0.717, 1.165) is 13.1 Å². The van der Waals surface area contributed by atoms with E-state index < -0.39 is 18.4 Å². The van der Waals surface area contributed by atoms with E-state index in [4.69, 9.17) is 0 Å². The second kappa shape index (κ2) is 12.9. The summed E-state index contributed by atoms with van der Waals surface area (Å²) in [5.41, 5.74) is 0. The van der Waals surface area contributed by atoms with Crippen molar-refractivity contribution >= 4 is 18.4 Å². The van der Waals surface area contributed by atoms with Gasteiger partial charge >= 0.3 is 132 Å². The van der Waals surface area contributed by atoms with Crippen LogP contribution in [0.1, 0.15) is 59.3 Å². The molecule has 0 bridgehead atoms. The molecule has 0 aromatic rings. The van der Waals surface area contributed by atoms with Gasteiger partial charge in [0.2, 0.25) is 0 Å². The standard InChI is InChI=1S/C6H10N.3C4H9.Sn/c1-3-5-7-6-4-2;3*1-3-4-2;/h3,7H,1-2,5-6H2;3*1,3-4H2,2H3;. The third kappa shape index (κ3) is 7.87. The van der Waals surface area contributed by atoms with E-state index in [-0.39, 0.29) is 0 Å². The van der Waals surface area contributed by atoms with Crippen LogP contribution in [0.25, 0.3) is 0 Å². The zero-order valence-electron chi connectivity index (χ0n) is 14.3. The molecule has 0 heterocycles. The molecule has 0 radical (unpaired) electrons. The summed E-state index contributed by atoms with van der Waals surface area (Å²) in [5, 5.41) is 3.50. The molecular weight excluding hydrogens is 349 g/mol. The van der Waals surface area contributed by atoms with Gasteiger partial charge in [-0.1, -0.05) is 0 Å². The van der Waals surface area contributed by atoms with E-state index >= 15 is 0 Å². The molecule has 0 unspecified atom stereocenters. The third-order valence-electron chi connectivity index (χ3n) is 4.40. The van der Waals surface area contributed by atoms with Gasteiger partial charge in [-0.25, -0.2) is 0 Å². The van der Waals surface area contributed by atoms with Crippen LogP contribution in [0.2, 0.25) is 13.3 Å². The topological polar surface area (TPSA) is 12.0 Å². The number of nitrogens with one attached hydrogen (secondary N) is 1. The van der Waals surface area contributed by atoms with Crippen molar-refractivity contribution in [1.29, 1.82) is 0 Å². The molecule has 0 atom stereocenters. The Morgan fingerprint density at radius 2 is 1.40 bits per heavy atom. The van der Waals surface area contributed by atoms with E-state index in [1.54, 1.807) is 3.59 Å². The van der Waals surface area contributed by atoms with E-state index in [2.05, 4.69) is 39.2 Å². The van der Waals surface area contributed by atoms with Crippen molar-refractivity contribution in [3.63, 3.8) is 0 Å². The van der Waals surface area contributed by atoms with Gasteiger partial charge in [-0.2, -0.15) is 0 Å². The monoisotopic (exact) mass is 387 g/mol. The molecule has 0 saturated heterocycles. The van der Waals surface area contributed by atoms with Crippen molar-refractivity contribution in [2.45, 2.75) is 72.6 Å². The van der Waals surface area contributed by atoms with Crippen LogP contribution < -0.4 is 5.32 Å². The van der Waals surface area contributed by atoms with Gasteiger partial charge in [-0.15, -0.1) is 0 Å². The van der Waals surface area contributed by atoms with Crippen LogP contribution in [-0.2, 0) is 0 Å². The summed E-state index contributed by atoms with van der Waals surface area (Å²) in [4.78, 5) is 0. The first kappa shape index (κ1) is 20.2. The Balaban J connectivity index is 4.80. The quantitative estimate of drug-likeness (QED) is 0.229. The average Bonchev–Trinajstić information content (AvgIpc) is 2.47. The van der Waals surface area contributed by atoms with Gasteiger partial charge in [0.15, 0.2) is 0 Å². The second-order valence-electron chi connectivity index (χ2n) is 6.11. The fourth-order valence-electron chi connectivity index (χ4n) is 2.96. The molecule has 0 aromatic carbocycles. The molecule has 0 fully saturated rings. The molecule has 0 amide bonds. The summed E-state index contributed by atoms with van der Waals surface area (Å²) >= 11 is -2.16. The van der Waals surface area contributed by atoms with Gasteiger partial charge in [-0.3, -0.25) is 0 Å². The Morgan fingerprint density at radius 1 is 0.950 bits per heavy atom. The summed E-state index contributed by atoms with van der Waals surface area (Å²) in [7, 11) is 0. The fourth-order valence-corrected chi connectivity index (χ4v) is 18.4. The van der Waals surface area contributed by atoms with Gasteiger partial charge < -0.3 is 0 Å². The molecule has 0 aliphatic carbocycles. The van der Waals surface area contributed by atoms with Crippen molar-refractivity contribution in [2.24, 2.45) is 0 Å². The molecule has 0 aromatic heterocycles. The van der Waals surface area contributed by atoms with E-state index in [9.17, 15) is 0 Å². The molecule has 118 valence electrons. The average molecular weight is 386 g/mol. The Labute approximate surface area is 132 Å². The number of hydrogen-bond acceptors (Lipinski definition) is 1. The van der Waals surface area contributed by atoms with Gasteiger partial charge in [0.1, 0.15) is 0 Å². The fraction of sp³-hybridized carbons (Fsp3) is 0.778. The summed E-state index contributed by atoms with van der Waals surface area (Å²) in [6.07, 6.45) is 10.2. The van der Waals surface area contributed by atoms with Crippen LogP contribution in [-0.4, -0.2) is 31.5 Å². The van der Waals surface area contributed by atoms with Gasteiger partial charge in [-0.05, 0) is 0 Å². The molecule has 0 aliphatic rings. The zero-order valence-corrected chi connectivity index (χ0v) is 17.1. The Morgan fingerprint density at radius 3 is 1.75 bits per heavy atom. The molecule has 0 saturated carbocycles. The summed E-state index contributed by atoms with van der Waals surface area (Å²) in [6.45, 7) is 17.3. The van der Waals surface area contributed by atoms with Crippen molar-refractivity contribution < 1.29 is 0 Å². The maximum absolute atomic E-state index is 4.55. The van der Waals surface area contributed by atoms with Crippen LogP contribution in [0, 0.1) is 0 Å². The molecule has 20 heavy (non-hydrogen) atoms. The normalized spacial score (nSPS) is 11.6. The van der Waals surface area contributed by atoms with Crippen molar-refractivity contribution in [3.8, 4) is 0 Å². The molecule has 0 spiro atoms. The van der Waals surface area contributed by atoms with Crippen LogP contribution in [0.4, 0.5) is 0 Å². The van der Waals surface area contributed by atoms with Crippen LogP contribution >= 0.6 is 0 Å². The zero-order chi connectivity index (χ0) is 15.3. The number of rotatable bonds is 14. The summed E-state index contributed by atoms with van der Waals surface area (Å²) in [6, 6.07) is 0. The van der Waals surface area contributed by atoms with E-state index in [1.165, 1.54) is 51.8 Å². The molecule has 0 rings (SSSR count). The second-order valence-corrected chi connectivity index (χ2v) is 19.7. The SMILES string of the molecule is C=CCNC[C](=C)[Sn]([CH2]CCC)([CH2]CCC)[CH2]CCC. The Hall–Kier alpha value is 0.239. The predicted molar refractivity (Wildman–Crippen MR) is 97.1 cm³/mol. The number of unbranched alkanes of at least 4 members (excludes halogenated alkanes) is 3. The third-order valence-corrected chi connectivity index (χ3v) is 20.4. The minimum absolute atomic E-state index is 0.913. The first-order valence-corrected chi connectivity index (χ1v) is 16.1. The minimum atomic E-state index is -2.16. The van der Waals surface area contributed by atoms with Crippen LogP contribution in [0.15, 0.2) is 22.8 Å². The maximum atomic E-state index is 4.55. The van der Waals surface area contributed by atoms with Crippen LogP contribution in [0.3, 0.4) is 0 Å². The van der Waals surface area contributed by atoms with Crippen molar-refractivity contribution in [3.05, 3.63) is 22.8 Å². The van der Waals surface area contributed by atoms with E-state index in [1.807, 2.05) is 6.08 Å². The molecule has 1 N–H and O–H groups in total. The predicted octanol–water partition coefficient (Wildman–Crippen LogP) is 5.71. The summed E-state index contributed by atoms with van der Waals surface area (Å²) in [5.74, 6) is 0.